The molecule has 1 heterocycles. The first kappa shape index (κ1) is 13.5. The van der Waals surface area contributed by atoms with E-state index in [1.165, 1.54) is 0 Å². The van der Waals surface area contributed by atoms with Gasteiger partial charge in [0.15, 0.2) is 0 Å². The summed E-state index contributed by atoms with van der Waals surface area (Å²) in [7, 11) is 0. The predicted octanol–water partition coefficient (Wildman–Crippen LogP) is 0.733. The van der Waals surface area contributed by atoms with E-state index in [2.05, 4.69) is 0 Å². The van der Waals surface area contributed by atoms with Gasteiger partial charge in [0, 0.05) is 12.5 Å². The van der Waals surface area contributed by atoms with Crippen molar-refractivity contribution in [2.75, 3.05) is 13.1 Å². The summed E-state index contributed by atoms with van der Waals surface area (Å²) in [5.41, 5.74) is 4.96. The Kier molecular flexibility index (Phi) is 4.33. The van der Waals surface area contributed by atoms with Gasteiger partial charge in [-0.1, -0.05) is 13.8 Å². The van der Waals surface area contributed by atoms with Crippen molar-refractivity contribution in [2.45, 2.75) is 51.7 Å². The smallest absolute Gasteiger partial charge is 0.222 e. The van der Waals surface area contributed by atoms with Crippen LogP contribution in [-0.4, -0.2) is 40.6 Å². The molecule has 0 spiro atoms. The first-order valence-electron chi connectivity index (χ1n) is 6.11. The van der Waals surface area contributed by atoms with Gasteiger partial charge in [-0.05, 0) is 25.7 Å². The zero-order chi connectivity index (χ0) is 12.3. The molecule has 16 heavy (non-hydrogen) atoms. The average Bonchev–Trinajstić information content (AvgIpc) is 2.11. The average molecular weight is 228 g/mol. The van der Waals surface area contributed by atoms with Crippen molar-refractivity contribution in [1.82, 2.24) is 4.90 Å². The van der Waals surface area contributed by atoms with Crippen LogP contribution in [0.15, 0.2) is 0 Å². The summed E-state index contributed by atoms with van der Waals surface area (Å²) in [4.78, 5) is 13.4. The van der Waals surface area contributed by atoms with Gasteiger partial charge >= 0.3 is 0 Å². The maximum atomic E-state index is 11.7. The Bertz CT molecular complexity index is 245. The first-order chi connectivity index (χ1) is 7.35. The quantitative estimate of drug-likeness (QED) is 0.729. The molecule has 0 radical (unpaired) electrons. The lowest BCUT2D eigenvalue weighted by atomic mass is 9.83. The van der Waals surface area contributed by atoms with Gasteiger partial charge in [0.2, 0.25) is 5.91 Å². The molecular formula is C12H24N2O2. The van der Waals surface area contributed by atoms with Gasteiger partial charge in [0.1, 0.15) is 5.60 Å². The lowest BCUT2D eigenvalue weighted by Gasteiger charge is -2.49. The molecule has 0 aliphatic carbocycles. The van der Waals surface area contributed by atoms with Gasteiger partial charge in [-0.3, -0.25) is 4.79 Å². The zero-order valence-electron chi connectivity index (χ0n) is 10.6. The highest BCUT2D eigenvalue weighted by Gasteiger charge is 2.45. The minimum Gasteiger partial charge on any atom is -0.386 e. The van der Waals surface area contributed by atoms with Crippen molar-refractivity contribution in [3.63, 3.8) is 0 Å². The summed E-state index contributed by atoms with van der Waals surface area (Å²) < 4.78 is 0. The van der Waals surface area contributed by atoms with Crippen molar-refractivity contribution >= 4 is 5.91 Å². The lowest BCUT2D eigenvalue weighted by molar-refractivity contribution is -0.163. The molecule has 1 atom stereocenters. The third-order valence-corrected chi connectivity index (χ3v) is 3.41. The van der Waals surface area contributed by atoms with E-state index >= 15 is 0 Å². The van der Waals surface area contributed by atoms with Crippen LogP contribution in [0.2, 0.25) is 0 Å². The molecule has 1 amide bonds. The minimum absolute atomic E-state index is 0.144. The van der Waals surface area contributed by atoms with Crippen molar-refractivity contribution in [1.29, 1.82) is 0 Å². The Morgan fingerprint density at radius 2 is 2.00 bits per heavy atom. The summed E-state index contributed by atoms with van der Waals surface area (Å²) >= 11 is 0. The van der Waals surface area contributed by atoms with Gasteiger partial charge < -0.3 is 15.7 Å². The summed E-state index contributed by atoms with van der Waals surface area (Å²) in [5.74, 6) is 0.353. The Morgan fingerprint density at radius 1 is 1.44 bits per heavy atom. The van der Waals surface area contributed by atoms with Crippen LogP contribution in [0.3, 0.4) is 0 Å². The molecule has 1 aliphatic rings. The zero-order valence-corrected chi connectivity index (χ0v) is 10.6. The summed E-state index contributed by atoms with van der Waals surface area (Å²) in [6.07, 6.45) is 2.27. The van der Waals surface area contributed by atoms with Gasteiger partial charge in [0.25, 0.3) is 0 Å². The van der Waals surface area contributed by atoms with Crippen molar-refractivity contribution in [3.8, 4) is 0 Å². The minimum atomic E-state index is -0.656. The van der Waals surface area contributed by atoms with Gasteiger partial charge in [-0.25, -0.2) is 0 Å². The van der Waals surface area contributed by atoms with E-state index in [0.717, 1.165) is 12.8 Å². The standard InChI is InChI=1S/C12H24N2O2/c1-9(2)12(16)7-14(8-12)11(15)6-4-5-10(3)13/h9-10,16H,4-8,13H2,1-3H3. The van der Waals surface area contributed by atoms with Crippen molar-refractivity contribution < 1.29 is 9.90 Å². The maximum absolute atomic E-state index is 11.7. The fraction of sp³-hybridized carbons (Fsp3) is 0.917. The highest BCUT2D eigenvalue weighted by atomic mass is 16.3. The van der Waals surface area contributed by atoms with E-state index in [1.807, 2.05) is 20.8 Å². The van der Waals surface area contributed by atoms with Crippen LogP contribution in [0.4, 0.5) is 0 Å². The molecule has 0 saturated carbocycles. The molecule has 4 nitrogen and oxygen atoms in total. The molecular weight excluding hydrogens is 204 g/mol. The second-order valence-electron chi connectivity index (χ2n) is 5.38. The van der Waals surface area contributed by atoms with Gasteiger partial charge in [-0.2, -0.15) is 0 Å². The summed E-state index contributed by atoms with van der Waals surface area (Å²) in [5, 5.41) is 10.0. The van der Waals surface area contributed by atoms with Crippen LogP contribution in [-0.2, 0) is 4.79 Å². The molecule has 4 heteroatoms. The Balaban J connectivity index is 2.22. The highest BCUT2D eigenvalue weighted by Crippen LogP contribution is 2.29. The number of rotatable bonds is 5. The molecule has 1 aliphatic heterocycles. The Labute approximate surface area is 97.8 Å². The predicted molar refractivity (Wildman–Crippen MR) is 63.9 cm³/mol. The van der Waals surface area contributed by atoms with E-state index in [0.29, 0.717) is 19.5 Å². The van der Waals surface area contributed by atoms with E-state index in [4.69, 9.17) is 5.73 Å². The Morgan fingerprint density at radius 3 is 2.44 bits per heavy atom. The van der Waals surface area contributed by atoms with E-state index in [1.54, 1.807) is 4.90 Å². The lowest BCUT2D eigenvalue weighted by Crippen LogP contribution is -2.65. The molecule has 94 valence electrons. The number of aliphatic hydroxyl groups is 1. The van der Waals surface area contributed by atoms with Crippen LogP contribution < -0.4 is 5.73 Å². The fourth-order valence-corrected chi connectivity index (χ4v) is 1.89. The fourth-order valence-electron chi connectivity index (χ4n) is 1.89. The van der Waals surface area contributed by atoms with Crippen LogP contribution in [0.1, 0.15) is 40.0 Å². The number of carbonyl (C=O) groups excluding carboxylic acids is 1. The maximum Gasteiger partial charge on any atom is 0.222 e. The van der Waals surface area contributed by atoms with E-state index < -0.39 is 5.60 Å². The molecule has 1 rings (SSSR count). The number of hydrogen-bond donors (Lipinski definition) is 2. The normalized spacial score (nSPS) is 20.8. The number of nitrogens with zero attached hydrogens (tertiary/aromatic N) is 1. The molecule has 0 aromatic carbocycles. The number of carbonyl (C=O) groups is 1. The number of likely N-dealkylation sites (tertiary alicyclic amines) is 1. The number of nitrogens with two attached hydrogens (primary N) is 1. The monoisotopic (exact) mass is 228 g/mol. The van der Waals surface area contributed by atoms with Gasteiger partial charge in [-0.15, -0.1) is 0 Å². The van der Waals surface area contributed by atoms with Crippen LogP contribution >= 0.6 is 0 Å². The third-order valence-electron chi connectivity index (χ3n) is 3.41. The summed E-state index contributed by atoms with van der Waals surface area (Å²) in [6, 6.07) is 0.164. The second-order valence-corrected chi connectivity index (χ2v) is 5.38. The first-order valence-corrected chi connectivity index (χ1v) is 6.11. The molecule has 1 unspecified atom stereocenters. The molecule has 3 N–H and O–H groups in total. The van der Waals surface area contributed by atoms with Gasteiger partial charge in [0.05, 0.1) is 13.1 Å². The number of hydrogen-bond acceptors (Lipinski definition) is 3. The molecule has 1 fully saturated rings. The molecule has 0 bridgehead atoms. The Hall–Kier alpha value is -0.610. The van der Waals surface area contributed by atoms with E-state index in [9.17, 15) is 9.90 Å². The van der Waals surface area contributed by atoms with Crippen LogP contribution in [0.25, 0.3) is 0 Å². The SMILES string of the molecule is CC(N)CCCC(=O)N1CC(O)(C(C)C)C1. The van der Waals surface area contributed by atoms with Crippen molar-refractivity contribution in [2.24, 2.45) is 11.7 Å². The number of amides is 1. The summed E-state index contributed by atoms with van der Waals surface area (Å²) in [6.45, 7) is 6.89. The van der Waals surface area contributed by atoms with Crippen LogP contribution in [0, 0.1) is 5.92 Å². The van der Waals surface area contributed by atoms with E-state index in [-0.39, 0.29) is 17.9 Å². The third kappa shape index (κ3) is 3.19. The largest absolute Gasteiger partial charge is 0.386 e. The highest BCUT2D eigenvalue weighted by molar-refractivity contribution is 5.77. The van der Waals surface area contributed by atoms with Crippen molar-refractivity contribution in [3.05, 3.63) is 0 Å². The molecule has 1 saturated heterocycles. The second kappa shape index (κ2) is 5.15. The topological polar surface area (TPSA) is 66.6 Å². The van der Waals surface area contributed by atoms with Crippen LogP contribution in [0.5, 0.6) is 0 Å². The number of β-amino-alcohol motifs (C(OH)–C–C–N with tert-alkyl or cyclic N) is 1. The molecule has 0 aromatic heterocycles. The molecule has 0 aromatic rings.